The van der Waals surface area contributed by atoms with Crippen molar-refractivity contribution in [2.45, 2.75) is 63.3 Å². The molecule has 3 aliphatic rings. The molecule has 1 aromatic rings. The van der Waals surface area contributed by atoms with Crippen LogP contribution in [0, 0.1) is 5.92 Å². The summed E-state index contributed by atoms with van der Waals surface area (Å²) in [6.07, 6.45) is 9.16. The van der Waals surface area contributed by atoms with Crippen LogP contribution in [0.15, 0.2) is 11.4 Å². The maximum absolute atomic E-state index is 13.2. The molecule has 3 heterocycles. The second kappa shape index (κ2) is 8.21. The zero-order valence-electron chi connectivity index (χ0n) is 16.2. The van der Waals surface area contributed by atoms with Gasteiger partial charge < -0.3 is 14.5 Å². The third-order valence-electron chi connectivity index (χ3n) is 6.70. The van der Waals surface area contributed by atoms with Gasteiger partial charge in [0, 0.05) is 35.9 Å². The summed E-state index contributed by atoms with van der Waals surface area (Å²) in [7, 11) is 1.43. The number of carbonyl (C=O) groups excluding carboxylic acids is 2. The number of rotatable bonds is 2. The fourth-order valence-corrected chi connectivity index (χ4v) is 6.25. The van der Waals surface area contributed by atoms with Crippen molar-refractivity contribution in [3.8, 4) is 0 Å². The second-order valence-electron chi connectivity index (χ2n) is 8.22. The first kappa shape index (κ1) is 18.8. The van der Waals surface area contributed by atoms with Gasteiger partial charge in [-0.25, -0.2) is 4.79 Å². The minimum Gasteiger partial charge on any atom is -0.453 e. The summed E-state index contributed by atoms with van der Waals surface area (Å²) in [5.74, 6) is 1.40. The molecule has 3 fully saturated rings. The van der Waals surface area contributed by atoms with Crippen LogP contribution in [0.3, 0.4) is 0 Å². The van der Waals surface area contributed by atoms with Crippen LogP contribution in [0.1, 0.15) is 72.5 Å². The normalized spacial score (nSPS) is 26.6. The molecule has 0 N–H and O–H groups in total. The lowest BCUT2D eigenvalue weighted by Gasteiger charge is -2.44. The van der Waals surface area contributed by atoms with Gasteiger partial charge in [-0.05, 0) is 56.4 Å². The largest absolute Gasteiger partial charge is 0.453 e. The van der Waals surface area contributed by atoms with Gasteiger partial charge in [-0.1, -0.05) is 12.8 Å². The van der Waals surface area contributed by atoms with E-state index in [1.807, 2.05) is 0 Å². The molecule has 6 heteroatoms. The molecule has 5 nitrogen and oxygen atoms in total. The summed E-state index contributed by atoms with van der Waals surface area (Å²) >= 11 is 1.71. The smallest absolute Gasteiger partial charge is 0.409 e. The molecule has 2 amide bonds. The van der Waals surface area contributed by atoms with Gasteiger partial charge >= 0.3 is 6.09 Å². The van der Waals surface area contributed by atoms with Gasteiger partial charge in [-0.3, -0.25) is 4.79 Å². The molecule has 27 heavy (non-hydrogen) atoms. The summed E-state index contributed by atoms with van der Waals surface area (Å²) < 4.78 is 4.82. The average molecular weight is 391 g/mol. The zero-order valence-corrected chi connectivity index (χ0v) is 17.0. The molecule has 0 unspecified atom stereocenters. The van der Waals surface area contributed by atoms with E-state index in [-0.39, 0.29) is 12.0 Å². The van der Waals surface area contributed by atoms with Crippen LogP contribution in [-0.2, 0) is 4.74 Å². The van der Waals surface area contributed by atoms with Gasteiger partial charge in [0.15, 0.2) is 0 Å². The first-order valence-electron chi connectivity index (χ1n) is 10.4. The lowest BCUT2D eigenvalue weighted by Crippen LogP contribution is -2.49. The van der Waals surface area contributed by atoms with E-state index in [1.54, 1.807) is 16.2 Å². The number of fused-ring (bicyclic) bond motifs is 1. The molecule has 1 aliphatic carbocycles. The van der Waals surface area contributed by atoms with E-state index in [0.29, 0.717) is 12.0 Å². The second-order valence-corrected chi connectivity index (χ2v) is 9.16. The van der Waals surface area contributed by atoms with Gasteiger partial charge in [0.2, 0.25) is 0 Å². The van der Waals surface area contributed by atoms with Crippen LogP contribution < -0.4 is 0 Å². The number of amides is 2. The molecule has 0 bridgehead atoms. The van der Waals surface area contributed by atoms with Crippen molar-refractivity contribution in [1.29, 1.82) is 0 Å². The summed E-state index contributed by atoms with van der Waals surface area (Å²) in [6, 6.07) is 2.59. The summed E-state index contributed by atoms with van der Waals surface area (Å²) in [5.41, 5.74) is 0.872. The van der Waals surface area contributed by atoms with Crippen LogP contribution in [0.4, 0.5) is 4.79 Å². The molecule has 148 valence electrons. The van der Waals surface area contributed by atoms with Crippen LogP contribution in [0.2, 0.25) is 0 Å². The van der Waals surface area contributed by atoms with Gasteiger partial charge in [0.25, 0.3) is 5.91 Å². The SMILES string of the molecule is COC(=O)N1CCC(c2cc(C(=O)N3CCC[C@H]4CCCC[C@H]43)cs2)CC1. The molecule has 2 saturated heterocycles. The minimum atomic E-state index is -0.234. The van der Waals surface area contributed by atoms with Crippen LogP contribution in [-0.4, -0.2) is 54.6 Å². The Morgan fingerprint density at radius 3 is 2.56 bits per heavy atom. The Balaban J connectivity index is 1.40. The topological polar surface area (TPSA) is 49.9 Å². The zero-order chi connectivity index (χ0) is 18.8. The predicted molar refractivity (Wildman–Crippen MR) is 106 cm³/mol. The number of nitrogens with zero attached hydrogens (tertiary/aromatic N) is 2. The first-order chi connectivity index (χ1) is 13.2. The van der Waals surface area contributed by atoms with Crippen molar-refractivity contribution < 1.29 is 14.3 Å². The van der Waals surface area contributed by atoms with Crippen molar-refractivity contribution in [2.75, 3.05) is 26.7 Å². The molecular weight excluding hydrogens is 360 g/mol. The average Bonchev–Trinajstić information content (AvgIpc) is 3.22. The number of methoxy groups -OCH3 is 1. The maximum atomic E-state index is 13.2. The Morgan fingerprint density at radius 1 is 1.04 bits per heavy atom. The Hall–Kier alpha value is -1.56. The molecule has 1 saturated carbocycles. The van der Waals surface area contributed by atoms with Crippen molar-refractivity contribution in [2.24, 2.45) is 5.92 Å². The fraction of sp³-hybridized carbons (Fsp3) is 0.714. The van der Waals surface area contributed by atoms with Crippen LogP contribution in [0.25, 0.3) is 0 Å². The van der Waals surface area contributed by atoms with Gasteiger partial charge in [-0.2, -0.15) is 0 Å². The molecule has 2 atom stereocenters. The Bertz CT molecular complexity index is 679. The van der Waals surface area contributed by atoms with E-state index in [1.165, 1.54) is 44.1 Å². The van der Waals surface area contributed by atoms with Crippen molar-refractivity contribution in [1.82, 2.24) is 9.80 Å². The monoisotopic (exact) mass is 390 g/mol. The molecule has 1 aromatic heterocycles. The van der Waals surface area contributed by atoms with E-state index in [4.69, 9.17) is 4.74 Å². The Morgan fingerprint density at radius 2 is 1.78 bits per heavy atom. The van der Waals surface area contributed by atoms with Crippen molar-refractivity contribution in [3.63, 3.8) is 0 Å². The molecule has 2 aliphatic heterocycles. The molecule has 4 rings (SSSR count). The number of hydrogen-bond donors (Lipinski definition) is 0. The van der Waals surface area contributed by atoms with E-state index >= 15 is 0 Å². The van der Waals surface area contributed by atoms with E-state index in [9.17, 15) is 9.59 Å². The molecular formula is C21H30N2O3S. The quantitative estimate of drug-likeness (QED) is 0.748. The summed E-state index contributed by atoms with van der Waals surface area (Å²) in [5, 5.41) is 2.05. The highest BCUT2D eigenvalue weighted by atomic mass is 32.1. The lowest BCUT2D eigenvalue weighted by molar-refractivity contribution is 0.0391. The standard InChI is InChI=1S/C21H30N2O3S/c1-26-21(25)22-11-8-16(9-12-22)19-13-17(14-27-19)20(24)23-10-4-6-15-5-2-3-7-18(15)23/h13-16,18H,2-12H2,1H3/t15-,18-/m1/s1. The molecule has 0 spiro atoms. The third kappa shape index (κ3) is 3.86. The highest BCUT2D eigenvalue weighted by Gasteiger charge is 2.36. The predicted octanol–water partition coefficient (Wildman–Crippen LogP) is 4.49. The van der Waals surface area contributed by atoms with Crippen molar-refractivity contribution >= 4 is 23.3 Å². The van der Waals surface area contributed by atoms with Gasteiger partial charge in [-0.15, -0.1) is 11.3 Å². The van der Waals surface area contributed by atoms with E-state index < -0.39 is 0 Å². The van der Waals surface area contributed by atoms with Crippen LogP contribution in [0.5, 0.6) is 0 Å². The van der Waals surface area contributed by atoms with E-state index in [2.05, 4.69) is 16.3 Å². The number of hydrogen-bond acceptors (Lipinski definition) is 4. The third-order valence-corrected chi connectivity index (χ3v) is 7.80. The Kier molecular flexibility index (Phi) is 5.71. The first-order valence-corrected chi connectivity index (χ1v) is 11.3. The Labute approximate surface area is 165 Å². The van der Waals surface area contributed by atoms with E-state index in [0.717, 1.165) is 50.4 Å². The van der Waals surface area contributed by atoms with Gasteiger partial charge in [0.05, 0.1) is 12.7 Å². The lowest BCUT2D eigenvalue weighted by atomic mass is 9.78. The minimum absolute atomic E-state index is 0.234. The number of carbonyl (C=O) groups is 2. The fourth-order valence-electron chi connectivity index (χ4n) is 5.20. The number of thiophene rings is 1. The van der Waals surface area contributed by atoms with Gasteiger partial charge in [0.1, 0.15) is 0 Å². The highest BCUT2D eigenvalue weighted by molar-refractivity contribution is 7.10. The molecule has 0 aromatic carbocycles. The summed E-state index contributed by atoms with van der Waals surface area (Å²) in [6.45, 7) is 2.38. The summed E-state index contributed by atoms with van der Waals surface area (Å²) in [4.78, 5) is 30.1. The van der Waals surface area contributed by atoms with Crippen molar-refractivity contribution in [3.05, 3.63) is 21.9 Å². The van der Waals surface area contributed by atoms with Crippen LogP contribution >= 0.6 is 11.3 Å². The molecule has 0 radical (unpaired) electrons. The number of piperidine rings is 2. The number of ether oxygens (including phenoxy) is 1. The maximum Gasteiger partial charge on any atom is 0.409 e. The highest BCUT2D eigenvalue weighted by Crippen LogP contribution is 2.37. The number of likely N-dealkylation sites (tertiary alicyclic amines) is 2.